The van der Waals surface area contributed by atoms with Crippen molar-refractivity contribution >= 4 is 81.2 Å². The molecule has 0 fully saturated rings. The summed E-state index contributed by atoms with van der Waals surface area (Å²) in [5, 5.41) is 5.52. The first-order valence-corrected chi connectivity index (χ1v) is 38.9. The zero-order valence-electron chi connectivity index (χ0n) is 70.0. The van der Waals surface area contributed by atoms with Crippen molar-refractivity contribution in [3.63, 3.8) is 0 Å². The number of ether oxygens (including phenoxy) is 1. The molecule has 9 aromatic rings. The van der Waals surface area contributed by atoms with Crippen molar-refractivity contribution in [2.24, 2.45) is 0 Å². The molecule has 0 aliphatic heterocycles. The van der Waals surface area contributed by atoms with Crippen LogP contribution >= 0.6 is 81.2 Å². The molecule has 0 aliphatic carbocycles. The Morgan fingerprint density at radius 2 is 0.551 bits per heavy atom. The van der Waals surface area contributed by atoms with Gasteiger partial charge in [0, 0.05) is 35.2 Å². The maximum absolute atomic E-state index is 13.1. The molecule has 588 valence electrons. The van der Waals surface area contributed by atoms with E-state index in [1.807, 2.05) is 118 Å². The molecule has 0 amide bonds. The van der Waals surface area contributed by atoms with E-state index < -0.39 is 17.2 Å². The van der Waals surface area contributed by atoms with Crippen molar-refractivity contribution < 1.29 is 22.3 Å². The van der Waals surface area contributed by atoms with E-state index in [-0.39, 0.29) is 49.1 Å². The maximum Gasteiger partial charge on any atom is 0.416 e. The fourth-order valence-electron chi connectivity index (χ4n) is 11.4. The van der Waals surface area contributed by atoms with Crippen LogP contribution in [0.5, 0.6) is 5.75 Å². The maximum atomic E-state index is 13.1. The Labute approximate surface area is 681 Å². The van der Waals surface area contributed by atoms with E-state index in [9.17, 15) is 17.6 Å². The number of halogens is 11. The molecule has 0 aliphatic rings. The van der Waals surface area contributed by atoms with Crippen LogP contribution in [-0.4, -0.2) is 7.11 Å². The Hall–Kier alpha value is -5.47. The van der Waals surface area contributed by atoms with Gasteiger partial charge < -0.3 is 4.74 Å². The minimum absolute atomic E-state index is 0.00935. The van der Waals surface area contributed by atoms with Gasteiger partial charge in [-0.3, -0.25) is 0 Å². The number of aryl methyl sites for hydroxylation is 3. The Kier molecular flexibility index (Phi) is 39.3. The van der Waals surface area contributed by atoms with Crippen molar-refractivity contribution in [3.05, 3.63) is 307 Å². The average molecular weight is 1610 g/mol. The molecule has 9 rings (SSSR count). The molecule has 1 nitrogen and oxygen atoms in total. The van der Waals surface area contributed by atoms with Crippen LogP contribution in [0.3, 0.4) is 0 Å². The quantitative estimate of drug-likeness (QED) is 0.149. The SMILES string of the molecule is CC(C)(C)c1c(Cl)cccc1Cl.CC(C)(C)c1cc(Cl)ccc1Cl.CC(C)(C)c1ccccc1C(F)(F)F.CC(C)(C)c1ccccc1Cl.CC(C)(C)c1ccccc1F.COc1ccccc1C(C)(C)C.Cc1cc(Cl)ccc1C(C)(C)C.Cc1ccc(Cl)cc1C(C)(C)C.Cc1ccccc1C(C)(C)C. The van der Waals surface area contributed by atoms with Crippen molar-refractivity contribution in [1.82, 2.24) is 0 Å². The van der Waals surface area contributed by atoms with Crippen LogP contribution in [0, 0.1) is 26.6 Å². The first-order chi connectivity index (χ1) is 48.5. The normalized spacial score (nSPS) is 11.8. The molecule has 9 aromatic carbocycles. The van der Waals surface area contributed by atoms with Crippen LogP contribution in [0.2, 0.25) is 35.2 Å². The van der Waals surface area contributed by atoms with E-state index in [0.717, 1.165) is 63.7 Å². The van der Waals surface area contributed by atoms with Gasteiger partial charge >= 0.3 is 6.18 Å². The average Bonchev–Trinajstić information content (AvgIpc) is 0.792. The lowest BCUT2D eigenvalue weighted by Gasteiger charge is -2.23. The highest BCUT2D eigenvalue weighted by atomic mass is 35.5. The number of methoxy groups -OCH3 is 1. The van der Waals surface area contributed by atoms with Gasteiger partial charge in [0.1, 0.15) is 11.6 Å². The number of benzene rings is 9. The lowest BCUT2D eigenvalue weighted by atomic mass is 9.83. The molecule has 0 N–H and O–H groups in total. The monoisotopic (exact) mass is 1600 g/mol. The van der Waals surface area contributed by atoms with Crippen molar-refractivity contribution in [2.45, 2.75) is 263 Å². The largest absolute Gasteiger partial charge is 0.496 e. The van der Waals surface area contributed by atoms with Crippen molar-refractivity contribution in [1.29, 1.82) is 0 Å². The number of rotatable bonds is 1. The third kappa shape index (κ3) is 36.1. The van der Waals surface area contributed by atoms with E-state index in [1.165, 1.54) is 62.7 Å². The number of para-hydroxylation sites is 1. The fraction of sp³-hybridized carbons (Fsp3) is 0.432. The molecular weight excluding hydrogens is 1480 g/mol. The zero-order chi connectivity index (χ0) is 83.0. The standard InChI is InChI=1S/2C11H15Cl.C11H13F3.C11H16O.C11H16.2C10H12Cl2.C10H13Cl.C10H13F/c1-8-7-9(12)5-6-10(8)11(2,3)4;1-8-5-6-9(12)7-10(8)11(2,3)4;1-10(2,3)8-6-4-5-7-9(8)11(12,13)14;1-11(2,3)9-7-5-6-8-10(9)12-4;1-9-7-5-6-8-10(9)11(2,3)4;1-10(2,3)8-6-7(11)4-5-9(8)12;1-10(2,3)9-7(11)5-4-6-8(9)12;2*1-10(2,3)8-6-4-5-7-9(8)11/h2*5-7H,1-4H3;4-7H,1-3H3;5-8H,1-4H3;5-8H,1-4H3;2*4-6H,1-3H3;2*4-7H,1-3H3. The third-order valence-electron chi connectivity index (χ3n) is 16.7. The van der Waals surface area contributed by atoms with Crippen LogP contribution in [0.25, 0.3) is 0 Å². The number of hydrogen-bond donors (Lipinski definition) is 0. The van der Waals surface area contributed by atoms with E-state index in [0.29, 0.717) is 5.56 Å². The van der Waals surface area contributed by atoms with Gasteiger partial charge in [-0.25, -0.2) is 4.39 Å². The molecule has 0 heterocycles. The highest BCUT2D eigenvalue weighted by Crippen LogP contribution is 2.39. The van der Waals surface area contributed by atoms with E-state index in [4.69, 9.17) is 85.9 Å². The minimum atomic E-state index is -4.26. The topological polar surface area (TPSA) is 9.23 Å². The van der Waals surface area contributed by atoms with Crippen molar-refractivity contribution in [2.75, 3.05) is 7.11 Å². The lowest BCUT2D eigenvalue weighted by Crippen LogP contribution is -2.19. The third-order valence-corrected chi connectivity index (χ3v) is 18.7. The van der Waals surface area contributed by atoms with Crippen molar-refractivity contribution in [3.8, 4) is 5.75 Å². The zero-order valence-corrected chi connectivity index (χ0v) is 75.3. The molecule has 107 heavy (non-hydrogen) atoms. The first kappa shape index (κ1) is 99.5. The molecule has 0 radical (unpaired) electrons. The summed E-state index contributed by atoms with van der Waals surface area (Å²) in [5.74, 6) is 0.866. The minimum Gasteiger partial charge on any atom is -0.496 e. The Morgan fingerprint density at radius 3 is 0.869 bits per heavy atom. The molecule has 0 unspecified atom stereocenters. The second kappa shape index (κ2) is 42.2. The summed E-state index contributed by atoms with van der Waals surface area (Å²) >= 11 is 41.7. The summed E-state index contributed by atoms with van der Waals surface area (Å²) in [7, 11) is 1.71. The molecule has 12 heteroatoms. The summed E-state index contributed by atoms with van der Waals surface area (Å²) < 4.78 is 56.1. The van der Waals surface area contributed by atoms with Gasteiger partial charge in [-0.05, 0) is 215 Å². The molecule has 0 bridgehead atoms. The smallest absolute Gasteiger partial charge is 0.416 e. The first-order valence-electron chi connectivity index (χ1n) is 36.3. The van der Waals surface area contributed by atoms with Gasteiger partial charge in [-0.15, -0.1) is 0 Å². The van der Waals surface area contributed by atoms with Crippen LogP contribution in [0.15, 0.2) is 194 Å². The molecule has 0 spiro atoms. The summed E-state index contributed by atoms with van der Waals surface area (Å²) in [6.07, 6.45) is -4.26. The van der Waals surface area contributed by atoms with Gasteiger partial charge in [-0.2, -0.15) is 13.2 Å². The van der Waals surface area contributed by atoms with Crippen LogP contribution < -0.4 is 4.74 Å². The number of alkyl halides is 3. The van der Waals surface area contributed by atoms with Crippen LogP contribution in [0.1, 0.15) is 259 Å². The lowest BCUT2D eigenvalue weighted by molar-refractivity contribution is -0.138. The molecule has 0 saturated heterocycles. The molecule has 0 saturated carbocycles. The van der Waals surface area contributed by atoms with Gasteiger partial charge in [-0.1, -0.05) is 383 Å². The molecule has 0 atom stereocenters. The number of hydrogen-bond acceptors (Lipinski definition) is 1. The summed E-state index contributed by atoms with van der Waals surface area (Å²) in [6, 6.07) is 60.6. The van der Waals surface area contributed by atoms with E-state index in [2.05, 4.69) is 221 Å². The van der Waals surface area contributed by atoms with E-state index in [1.54, 1.807) is 46.1 Å². The van der Waals surface area contributed by atoms with Crippen LogP contribution in [0.4, 0.5) is 17.6 Å². The Morgan fingerprint density at radius 1 is 0.243 bits per heavy atom. The molecular formula is C95H125Cl7F4O. The highest BCUT2D eigenvalue weighted by Gasteiger charge is 2.36. The summed E-state index contributed by atoms with van der Waals surface area (Å²) in [4.78, 5) is 0. The second-order valence-electron chi connectivity index (χ2n) is 35.9. The predicted molar refractivity (Wildman–Crippen MR) is 467 cm³/mol. The Balaban J connectivity index is 0.000000602. The predicted octanol–water partition coefficient (Wildman–Crippen LogP) is 33.5. The van der Waals surface area contributed by atoms with Gasteiger partial charge in [0.25, 0.3) is 0 Å². The van der Waals surface area contributed by atoms with Gasteiger partial charge in [0.2, 0.25) is 0 Å². The fourth-order valence-corrected chi connectivity index (χ4v) is 13.7. The molecule has 0 aromatic heterocycles. The van der Waals surface area contributed by atoms with Crippen LogP contribution in [-0.2, 0) is 54.9 Å². The van der Waals surface area contributed by atoms with Gasteiger partial charge in [0.05, 0.1) is 12.7 Å². The second-order valence-corrected chi connectivity index (χ2v) is 38.8. The summed E-state index contributed by atoms with van der Waals surface area (Å²) in [6.45, 7) is 63.4. The Bertz CT molecular complexity index is 3910. The summed E-state index contributed by atoms with van der Waals surface area (Å²) in [5.41, 5.74) is 13.8. The highest BCUT2D eigenvalue weighted by molar-refractivity contribution is 6.36. The van der Waals surface area contributed by atoms with Gasteiger partial charge in [0.15, 0.2) is 0 Å². The van der Waals surface area contributed by atoms with E-state index >= 15 is 0 Å².